The number of hydrogen-bond acceptors (Lipinski definition) is 3. The maximum absolute atomic E-state index is 13.2. The number of nitrogens with one attached hydrogen (secondary N) is 3. The summed E-state index contributed by atoms with van der Waals surface area (Å²) in [6.45, 7) is 3.49. The second kappa shape index (κ2) is 8.49. The van der Waals surface area contributed by atoms with Gasteiger partial charge in [-0.3, -0.25) is 0 Å². The third kappa shape index (κ3) is 4.76. The smallest absolute Gasteiger partial charge is 0.361 e. The van der Waals surface area contributed by atoms with E-state index in [0.717, 1.165) is 29.8 Å². The molecule has 6 nitrogen and oxygen atoms in total. The van der Waals surface area contributed by atoms with E-state index in [2.05, 4.69) is 27.5 Å². The molecule has 0 aliphatic carbocycles. The van der Waals surface area contributed by atoms with Crippen molar-refractivity contribution in [1.29, 1.82) is 0 Å². The van der Waals surface area contributed by atoms with E-state index in [1.165, 1.54) is 6.07 Å². The zero-order valence-corrected chi connectivity index (χ0v) is 17.1. The number of aromatic nitrogens is 2. The number of amides is 2. The van der Waals surface area contributed by atoms with Crippen LogP contribution in [-0.4, -0.2) is 29.1 Å². The molecular weight excluding hydrogens is 407 g/mol. The standard InChI is InChI=1S/C22H24F3N5O/c1-14-8-11-30(12-9-14)20-15(5-6-19(29-20)22(23,24)25)13-27-21(31)28-18-4-2-3-17-16(18)7-10-26-17/h2-7,10,14,26H,8-9,11-13H2,1H3,(H2,27,28,31). The summed E-state index contributed by atoms with van der Waals surface area (Å²) in [5, 5.41) is 6.41. The Morgan fingerprint density at radius 3 is 2.71 bits per heavy atom. The van der Waals surface area contributed by atoms with Gasteiger partial charge in [0.2, 0.25) is 0 Å². The molecule has 1 saturated heterocycles. The van der Waals surface area contributed by atoms with E-state index in [-0.39, 0.29) is 12.4 Å². The Hall–Kier alpha value is -3.23. The Morgan fingerprint density at radius 2 is 1.97 bits per heavy atom. The van der Waals surface area contributed by atoms with Crippen LogP contribution in [0.1, 0.15) is 31.0 Å². The molecule has 0 saturated carbocycles. The highest BCUT2D eigenvalue weighted by Crippen LogP contribution is 2.32. The first-order valence-corrected chi connectivity index (χ1v) is 10.2. The minimum atomic E-state index is -4.52. The van der Waals surface area contributed by atoms with Crippen LogP contribution in [0.25, 0.3) is 10.9 Å². The van der Waals surface area contributed by atoms with Crippen molar-refractivity contribution >= 4 is 28.4 Å². The zero-order chi connectivity index (χ0) is 22.0. The number of anilines is 2. The molecule has 1 aliphatic heterocycles. The Bertz CT molecular complexity index is 1070. The van der Waals surface area contributed by atoms with Crippen LogP contribution in [0.15, 0.2) is 42.6 Å². The van der Waals surface area contributed by atoms with Gasteiger partial charge in [0.15, 0.2) is 0 Å². The van der Waals surface area contributed by atoms with Gasteiger partial charge in [-0.15, -0.1) is 0 Å². The molecule has 3 heterocycles. The highest BCUT2D eigenvalue weighted by molar-refractivity contribution is 6.00. The highest BCUT2D eigenvalue weighted by atomic mass is 19.4. The van der Waals surface area contributed by atoms with Gasteiger partial charge in [0.05, 0.1) is 5.69 Å². The van der Waals surface area contributed by atoms with Gasteiger partial charge >= 0.3 is 12.2 Å². The van der Waals surface area contributed by atoms with E-state index >= 15 is 0 Å². The fourth-order valence-electron chi connectivity index (χ4n) is 3.80. The third-order valence-electron chi connectivity index (χ3n) is 5.61. The monoisotopic (exact) mass is 431 g/mol. The van der Waals surface area contributed by atoms with Crippen molar-refractivity contribution in [3.05, 3.63) is 53.9 Å². The van der Waals surface area contributed by atoms with E-state index in [9.17, 15) is 18.0 Å². The lowest BCUT2D eigenvalue weighted by atomic mass is 9.99. The number of aromatic amines is 1. The molecule has 9 heteroatoms. The van der Waals surface area contributed by atoms with Gasteiger partial charge < -0.3 is 20.5 Å². The van der Waals surface area contributed by atoms with Gasteiger partial charge in [-0.25, -0.2) is 9.78 Å². The molecule has 0 unspecified atom stereocenters. The predicted molar refractivity (Wildman–Crippen MR) is 114 cm³/mol. The number of benzene rings is 1. The molecular formula is C22H24F3N5O. The fraction of sp³-hybridized carbons (Fsp3) is 0.364. The first-order valence-electron chi connectivity index (χ1n) is 10.2. The minimum Gasteiger partial charge on any atom is -0.361 e. The number of pyridine rings is 1. The van der Waals surface area contributed by atoms with Gasteiger partial charge in [-0.2, -0.15) is 13.2 Å². The topological polar surface area (TPSA) is 73.1 Å². The van der Waals surface area contributed by atoms with Crippen LogP contribution < -0.4 is 15.5 Å². The van der Waals surface area contributed by atoms with Crippen LogP contribution in [0, 0.1) is 5.92 Å². The van der Waals surface area contributed by atoms with Gasteiger partial charge in [0.1, 0.15) is 11.5 Å². The lowest BCUT2D eigenvalue weighted by Crippen LogP contribution is -2.35. The van der Waals surface area contributed by atoms with Crippen LogP contribution in [-0.2, 0) is 12.7 Å². The highest BCUT2D eigenvalue weighted by Gasteiger charge is 2.34. The summed E-state index contributed by atoms with van der Waals surface area (Å²) in [4.78, 5) is 21.3. The number of nitrogens with zero attached hydrogens (tertiary/aromatic N) is 2. The van der Waals surface area contributed by atoms with Gasteiger partial charge in [-0.05, 0) is 43.0 Å². The number of urea groups is 1. The van der Waals surface area contributed by atoms with Gasteiger partial charge in [-0.1, -0.05) is 19.1 Å². The largest absolute Gasteiger partial charge is 0.433 e. The van der Waals surface area contributed by atoms with Crippen molar-refractivity contribution < 1.29 is 18.0 Å². The van der Waals surface area contributed by atoms with Crippen molar-refractivity contribution in [3.8, 4) is 0 Å². The lowest BCUT2D eigenvalue weighted by molar-refractivity contribution is -0.141. The van der Waals surface area contributed by atoms with Crippen LogP contribution in [0.5, 0.6) is 0 Å². The number of carbonyl (C=O) groups is 1. The maximum atomic E-state index is 13.2. The number of fused-ring (bicyclic) bond motifs is 1. The molecule has 4 rings (SSSR count). The summed E-state index contributed by atoms with van der Waals surface area (Å²) in [7, 11) is 0. The van der Waals surface area contributed by atoms with E-state index < -0.39 is 17.9 Å². The van der Waals surface area contributed by atoms with E-state index in [1.807, 2.05) is 23.1 Å². The summed E-state index contributed by atoms with van der Waals surface area (Å²) in [6, 6.07) is 9.30. The summed E-state index contributed by atoms with van der Waals surface area (Å²) >= 11 is 0. The lowest BCUT2D eigenvalue weighted by Gasteiger charge is -2.33. The second-order valence-corrected chi connectivity index (χ2v) is 7.90. The summed E-state index contributed by atoms with van der Waals surface area (Å²) in [6.07, 6.45) is -0.943. The molecule has 3 N–H and O–H groups in total. The Balaban J connectivity index is 1.50. The molecule has 31 heavy (non-hydrogen) atoms. The van der Waals surface area contributed by atoms with Crippen molar-refractivity contribution in [2.24, 2.45) is 5.92 Å². The molecule has 2 amide bonds. The molecule has 0 bridgehead atoms. The Morgan fingerprint density at radius 1 is 1.19 bits per heavy atom. The average molecular weight is 431 g/mol. The number of piperidine rings is 1. The molecule has 0 atom stereocenters. The van der Waals surface area contributed by atoms with Crippen LogP contribution >= 0.6 is 0 Å². The first-order chi connectivity index (χ1) is 14.8. The first kappa shape index (κ1) is 21.0. The summed E-state index contributed by atoms with van der Waals surface area (Å²) in [5.74, 6) is 0.820. The van der Waals surface area contributed by atoms with Gasteiger partial charge in [0.25, 0.3) is 0 Å². The number of rotatable bonds is 4. The van der Waals surface area contributed by atoms with Crippen molar-refractivity contribution in [3.63, 3.8) is 0 Å². The van der Waals surface area contributed by atoms with Gasteiger partial charge in [0, 0.05) is 42.3 Å². The van der Waals surface area contributed by atoms with Crippen molar-refractivity contribution in [2.75, 3.05) is 23.3 Å². The minimum absolute atomic E-state index is 0.0709. The van der Waals surface area contributed by atoms with E-state index in [1.54, 1.807) is 12.3 Å². The number of halogens is 3. The average Bonchev–Trinajstić information content (AvgIpc) is 3.22. The Kier molecular flexibility index (Phi) is 5.75. The normalized spacial score (nSPS) is 15.3. The number of hydrogen-bond donors (Lipinski definition) is 3. The third-order valence-corrected chi connectivity index (χ3v) is 5.61. The molecule has 1 aliphatic rings. The summed E-state index contributed by atoms with van der Waals surface area (Å²) < 4.78 is 39.7. The number of alkyl halides is 3. The van der Waals surface area contributed by atoms with E-state index in [0.29, 0.717) is 30.3 Å². The molecule has 0 spiro atoms. The molecule has 3 aromatic rings. The quantitative estimate of drug-likeness (QED) is 0.536. The Labute approximate surface area is 177 Å². The number of H-pyrrole nitrogens is 1. The van der Waals surface area contributed by atoms with Crippen LogP contribution in [0.4, 0.5) is 29.5 Å². The molecule has 0 radical (unpaired) electrons. The molecule has 1 fully saturated rings. The fourth-order valence-corrected chi connectivity index (χ4v) is 3.80. The predicted octanol–water partition coefficient (Wildman–Crippen LogP) is 5.14. The van der Waals surface area contributed by atoms with Crippen LogP contribution in [0.3, 0.4) is 0 Å². The van der Waals surface area contributed by atoms with E-state index in [4.69, 9.17) is 0 Å². The summed E-state index contributed by atoms with van der Waals surface area (Å²) in [5.41, 5.74) is 1.17. The second-order valence-electron chi connectivity index (χ2n) is 7.90. The maximum Gasteiger partial charge on any atom is 0.433 e. The van der Waals surface area contributed by atoms with Crippen molar-refractivity contribution in [2.45, 2.75) is 32.5 Å². The molecule has 164 valence electrons. The van der Waals surface area contributed by atoms with Crippen molar-refractivity contribution in [1.82, 2.24) is 15.3 Å². The van der Waals surface area contributed by atoms with Crippen LogP contribution in [0.2, 0.25) is 0 Å². The SMILES string of the molecule is CC1CCN(c2nc(C(F)(F)F)ccc2CNC(=O)Nc2cccc3[nH]ccc23)CC1. The molecule has 1 aromatic carbocycles. The number of carbonyl (C=O) groups excluding carboxylic acids is 1. The molecule has 2 aromatic heterocycles. The zero-order valence-electron chi connectivity index (χ0n) is 17.1.